The SMILES string of the molecule is CCCCCCCCCCOC(CCCCCCC)CCOC(=O)CC. The van der Waals surface area contributed by atoms with E-state index in [0.29, 0.717) is 13.0 Å². The molecule has 26 heavy (non-hydrogen) atoms. The molecule has 0 fully saturated rings. The maximum Gasteiger partial charge on any atom is 0.305 e. The van der Waals surface area contributed by atoms with Gasteiger partial charge in [-0.15, -0.1) is 0 Å². The zero-order valence-corrected chi connectivity index (χ0v) is 18.0. The molecule has 0 bridgehead atoms. The first kappa shape index (κ1) is 25.4. The van der Waals surface area contributed by atoms with E-state index in [4.69, 9.17) is 9.47 Å². The summed E-state index contributed by atoms with van der Waals surface area (Å²) in [5, 5.41) is 0. The van der Waals surface area contributed by atoms with E-state index in [2.05, 4.69) is 13.8 Å². The summed E-state index contributed by atoms with van der Waals surface area (Å²) < 4.78 is 11.4. The van der Waals surface area contributed by atoms with Crippen molar-refractivity contribution in [3.63, 3.8) is 0 Å². The standard InChI is InChI=1S/C23H46O3/c1-4-7-9-11-12-13-15-17-20-25-22(18-16-14-10-8-5-2)19-21-26-23(24)6-3/h22H,4-21H2,1-3H3. The number of unbranched alkanes of at least 4 members (excludes halogenated alkanes) is 11. The lowest BCUT2D eigenvalue weighted by Gasteiger charge is -2.18. The molecule has 0 aromatic heterocycles. The molecular formula is C23H46O3. The lowest BCUT2D eigenvalue weighted by atomic mass is 10.1. The minimum atomic E-state index is -0.102. The molecule has 0 saturated heterocycles. The largest absolute Gasteiger partial charge is 0.466 e. The van der Waals surface area contributed by atoms with Crippen LogP contribution in [-0.4, -0.2) is 25.3 Å². The highest BCUT2D eigenvalue weighted by Crippen LogP contribution is 2.14. The van der Waals surface area contributed by atoms with E-state index < -0.39 is 0 Å². The van der Waals surface area contributed by atoms with E-state index >= 15 is 0 Å². The number of hydrogen-bond acceptors (Lipinski definition) is 3. The first-order valence-corrected chi connectivity index (χ1v) is 11.5. The maximum absolute atomic E-state index is 11.3. The third-order valence-electron chi connectivity index (χ3n) is 4.97. The Balaban J connectivity index is 3.78. The smallest absolute Gasteiger partial charge is 0.305 e. The van der Waals surface area contributed by atoms with Crippen molar-refractivity contribution in [1.29, 1.82) is 0 Å². The average Bonchev–Trinajstić information content (AvgIpc) is 2.65. The van der Waals surface area contributed by atoms with Crippen LogP contribution >= 0.6 is 0 Å². The van der Waals surface area contributed by atoms with Gasteiger partial charge in [0.05, 0.1) is 12.7 Å². The monoisotopic (exact) mass is 370 g/mol. The second-order valence-corrected chi connectivity index (χ2v) is 7.53. The topological polar surface area (TPSA) is 35.5 Å². The van der Waals surface area contributed by atoms with Crippen molar-refractivity contribution in [3.05, 3.63) is 0 Å². The predicted molar refractivity (Wildman–Crippen MR) is 112 cm³/mol. The summed E-state index contributed by atoms with van der Waals surface area (Å²) in [6.07, 6.45) is 19.7. The molecule has 3 nitrogen and oxygen atoms in total. The first-order chi connectivity index (χ1) is 12.7. The summed E-state index contributed by atoms with van der Waals surface area (Å²) in [6, 6.07) is 0. The summed E-state index contributed by atoms with van der Waals surface area (Å²) >= 11 is 0. The number of hydrogen-bond donors (Lipinski definition) is 0. The van der Waals surface area contributed by atoms with Crippen LogP contribution in [0, 0.1) is 0 Å². The lowest BCUT2D eigenvalue weighted by Crippen LogP contribution is -2.18. The van der Waals surface area contributed by atoms with E-state index in [1.54, 1.807) is 0 Å². The number of carbonyl (C=O) groups is 1. The summed E-state index contributed by atoms with van der Waals surface area (Å²) in [4.78, 5) is 11.3. The molecule has 0 rings (SSSR count). The van der Waals surface area contributed by atoms with Crippen LogP contribution in [0.1, 0.15) is 124 Å². The molecule has 0 aromatic carbocycles. The van der Waals surface area contributed by atoms with Gasteiger partial charge in [-0.25, -0.2) is 0 Å². The number of carbonyl (C=O) groups excluding carboxylic acids is 1. The number of ether oxygens (including phenoxy) is 2. The van der Waals surface area contributed by atoms with Crippen LogP contribution in [0.3, 0.4) is 0 Å². The van der Waals surface area contributed by atoms with Crippen molar-refractivity contribution in [1.82, 2.24) is 0 Å². The van der Waals surface area contributed by atoms with Gasteiger partial charge < -0.3 is 9.47 Å². The fourth-order valence-electron chi connectivity index (χ4n) is 3.18. The van der Waals surface area contributed by atoms with E-state index in [1.807, 2.05) is 6.92 Å². The minimum Gasteiger partial charge on any atom is -0.466 e. The molecule has 0 saturated carbocycles. The second kappa shape index (κ2) is 20.7. The van der Waals surface area contributed by atoms with Crippen LogP contribution in [0.15, 0.2) is 0 Å². The molecular weight excluding hydrogens is 324 g/mol. The highest BCUT2D eigenvalue weighted by molar-refractivity contribution is 5.68. The van der Waals surface area contributed by atoms with Crippen molar-refractivity contribution >= 4 is 5.97 Å². The van der Waals surface area contributed by atoms with Crippen molar-refractivity contribution < 1.29 is 14.3 Å². The van der Waals surface area contributed by atoms with E-state index in [9.17, 15) is 4.79 Å². The van der Waals surface area contributed by atoms with Crippen LogP contribution in [0.2, 0.25) is 0 Å². The third-order valence-corrected chi connectivity index (χ3v) is 4.97. The highest BCUT2D eigenvalue weighted by Gasteiger charge is 2.10. The van der Waals surface area contributed by atoms with E-state index in [0.717, 1.165) is 25.9 Å². The van der Waals surface area contributed by atoms with Crippen LogP contribution < -0.4 is 0 Å². The number of rotatable bonds is 20. The van der Waals surface area contributed by atoms with Gasteiger partial charge in [-0.2, -0.15) is 0 Å². The van der Waals surface area contributed by atoms with Crippen molar-refractivity contribution in [3.8, 4) is 0 Å². The predicted octanol–water partition coefficient (Wildman–Crippen LogP) is 7.22. The molecule has 1 atom stereocenters. The van der Waals surface area contributed by atoms with Gasteiger partial charge in [0, 0.05) is 19.4 Å². The van der Waals surface area contributed by atoms with Gasteiger partial charge in [-0.05, 0) is 12.8 Å². The molecule has 0 aromatic rings. The average molecular weight is 371 g/mol. The minimum absolute atomic E-state index is 0.102. The lowest BCUT2D eigenvalue weighted by molar-refractivity contribution is -0.144. The summed E-state index contributed by atoms with van der Waals surface area (Å²) in [7, 11) is 0. The highest BCUT2D eigenvalue weighted by atomic mass is 16.5. The summed E-state index contributed by atoms with van der Waals surface area (Å²) in [6.45, 7) is 7.71. The molecule has 1 unspecified atom stereocenters. The van der Waals surface area contributed by atoms with Crippen LogP contribution in [0.4, 0.5) is 0 Å². The van der Waals surface area contributed by atoms with Gasteiger partial charge in [-0.1, -0.05) is 97.8 Å². The van der Waals surface area contributed by atoms with E-state index in [-0.39, 0.29) is 12.1 Å². The molecule has 0 N–H and O–H groups in total. The first-order valence-electron chi connectivity index (χ1n) is 11.5. The Labute approximate surface area is 163 Å². The fraction of sp³-hybridized carbons (Fsp3) is 0.957. The van der Waals surface area contributed by atoms with Crippen LogP contribution in [0.5, 0.6) is 0 Å². The summed E-state index contributed by atoms with van der Waals surface area (Å²) in [5.41, 5.74) is 0. The summed E-state index contributed by atoms with van der Waals surface area (Å²) in [5.74, 6) is -0.102. The van der Waals surface area contributed by atoms with Crippen molar-refractivity contribution in [2.75, 3.05) is 13.2 Å². The molecule has 156 valence electrons. The Kier molecular flexibility index (Phi) is 20.3. The Morgan fingerprint density at radius 1 is 0.654 bits per heavy atom. The molecule has 0 aliphatic carbocycles. The normalized spacial score (nSPS) is 12.3. The van der Waals surface area contributed by atoms with Crippen molar-refractivity contribution in [2.45, 2.75) is 130 Å². The van der Waals surface area contributed by atoms with Gasteiger partial charge in [0.2, 0.25) is 0 Å². The maximum atomic E-state index is 11.3. The number of esters is 1. The van der Waals surface area contributed by atoms with Gasteiger partial charge >= 0.3 is 5.97 Å². The Bertz CT molecular complexity index is 291. The Morgan fingerprint density at radius 2 is 1.19 bits per heavy atom. The Hall–Kier alpha value is -0.570. The van der Waals surface area contributed by atoms with Gasteiger partial charge in [0.15, 0.2) is 0 Å². The van der Waals surface area contributed by atoms with E-state index in [1.165, 1.54) is 77.0 Å². The molecule has 0 spiro atoms. The molecule has 0 amide bonds. The molecule has 0 aliphatic rings. The molecule has 0 aliphatic heterocycles. The fourth-order valence-corrected chi connectivity index (χ4v) is 3.18. The zero-order chi connectivity index (χ0) is 19.3. The molecule has 3 heteroatoms. The quantitative estimate of drug-likeness (QED) is 0.168. The van der Waals surface area contributed by atoms with Gasteiger partial charge in [-0.3, -0.25) is 4.79 Å². The molecule has 0 heterocycles. The van der Waals surface area contributed by atoms with Crippen LogP contribution in [0.25, 0.3) is 0 Å². The third kappa shape index (κ3) is 18.2. The van der Waals surface area contributed by atoms with Gasteiger partial charge in [0.25, 0.3) is 0 Å². The second-order valence-electron chi connectivity index (χ2n) is 7.53. The van der Waals surface area contributed by atoms with Crippen molar-refractivity contribution in [2.24, 2.45) is 0 Å². The van der Waals surface area contributed by atoms with Crippen LogP contribution in [-0.2, 0) is 14.3 Å². The van der Waals surface area contributed by atoms with Gasteiger partial charge in [0.1, 0.15) is 0 Å². The zero-order valence-electron chi connectivity index (χ0n) is 18.0. The Morgan fingerprint density at radius 3 is 1.77 bits per heavy atom. The molecule has 0 radical (unpaired) electrons.